The van der Waals surface area contributed by atoms with E-state index in [4.69, 9.17) is 5.73 Å². The lowest BCUT2D eigenvalue weighted by molar-refractivity contribution is 0.209. The van der Waals surface area contributed by atoms with Gasteiger partial charge in [0.15, 0.2) is 0 Å². The molecule has 1 aliphatic rings. The molecule has 0 amide bonds. The third kappa shape index (κ3) is 3.71. The van der Waals surface area contributed by atoms with Crippen LogP contribution in [-0.4, -0.2) is 43.2 Å². The second-order valence-electron chi connectivity index (χ2n) is 5.93. The fourth-order valence-corrected chi connectivity index (χ4v) is 2.82. The van der Waals surface area contributed by atoms with Crippen LogP contribution in [0, 0.1) is 0 Å². The molecule has 1 heterocycles. The first-order valence-corrected chi connectivity index (χ1v) is 7.40. The maximum Gasteiger partial charge on any atom is 0.0400 e. The van der Waals surface area contributed by atoms with Crippen LogP contribution >= 0.6 is 0 Å². The number of rotatable bonds is 4. The molecular weight excluding hydrogens is 234 g/mol. The van der Waals surface area contributed by atoms with Gasteiger partial charge < -0.3 is 10.6 Å². The predicted molar refractivity (Wildman–Crippen MR) is 82.7 cm³/mol. The second-order valence-corrected chi connectivity index (χ2v) is 5.93. The molecule has 1 unspecified atom stereocenters. The zero-order chi connectivity index (χ0) is 13.8. The van der Waals surface area contributed by atoms with Crippen LogP contribution < -0.4 is 10.6 Å². The fourth-order valence-electron chi connectivity index (χ4n) is 2.82. The lowest BCUT2D eigenvalue weighted by Crippen LogP contribution is -2.49. The minimum Gasteiger partial charge on any atom is -0.369 e. The highest BCUT2D eigenvalue weighted by Crippen LogP contribution is 2.23. The summed E-state index contributed by atoms with van der Waals surface area (Å²) >= 11 is 0. The highest BCUT2D eigenvalue weighted by Gasteiger charge is 2.20. The van der Waals surface area contributed by atoms with Gasteiger partial charge in [-0.05, 0) is 38.8 Å². The molecule has 2 N–H and O–H groups in total. The van der Waals surface area contributed by atoms with Crippen LogP contribution in [0.25, 0.3) is 0 Å². The van der Waals surface area contributed by atoms with Gasteiger partial charge in [-0.25, -0.2) is 0 Å². The van der Waals surface area contributed by atoms with Crippen LogP contribution in [0.3, 0.4) is 0 Å². The van der Waals surface area contributed by atoms with E-state index in [2.05, 4.69) is 54.8 Å². The normalized spacial score (nSPS) is 18.9. The zero-order valence-electron chi connectivity index (χ0n) is 12.5. The minimum atomic E-state index is 0.220. The first kappa shape index (κ1) is 14.4. The molecule has 0 radical (unpaired) electrons. The van der Waals surface area contributed by atoms with Gasteiger partial charge in [0.05, 0.1) is 0 Å². The summed E-state index contributed by atoms with van der Waals surface area (Å²) in [4.78, 5) is 5.06. The number of anilines is 1. The summed E-state index contributed by atoms with van der Waals surface area (Å²) < 4.78 is 0. The van der Waals surface area contributed by atoms with E-state index < -0.39 is 0 Å². The molecule has 1 fully saturated rings. The lowest BCUT2D eigenvalue weighted by atomic mass is 10.0. The maximum absolute atomic E-state index is 5.96. The molecular formula is C16H27N3. The monoisotopic (exact) mass is 261 g/mol. The summed E-state index contributed by atoms with van der Waals surface area (Å²) in [5.41, 5.74) is 8.72. The molecule has 1 aliphatic heterocycles. The van der Waals surface area contributed by atoms with E-state index in [-0.39, 0.29) is 6.04 Å². The fraction of sp³-hybridized carbons (Fsp3) is 0.625. The van der Waals surface area contributed by atoms with Crippen molar-refractivity contribution in [3.8, 4) is 0 Å². The van der Waals surface area contributed by atoms with E-state index in [1.54, 1.807) is 0 Å². The van der Waals surface area contributed by atoms with Crippen molar-refractivity contribution >= 4 is 5.69 Å². The molecule has 0 aromatic heterocycles. The number of benzene rings is 1. The molecule has 0 bridgehead atoms. The summed E-state index contributed by atoms with van der Waals surface area (Å²) in [6, 6.07) is 9.58. The standard InChI is InChI=1S/C16H27N3/c1-13(2)18-8-10-19(11-9-18)16-7-5-4-6-15(16)12-14(3)17/h4-7,13-14H,8-12,17H2,1-3H3. The van der Waals surface area contributed by atoms with E-state index >= 15 is 0 Å². The van der Waals surface area contributed by atoms with Gasteiger partial charge >= 0.3 is 0 Å². The Kier molecular flexibility index (Phi) is 4.83. The molecule has 3 nitrogen and oxygen atoms in total. The summed E-state index contributed by atoms with van der Waals surface area (Å²) in [6.07, 6.45) is 0.959. The first-order valence-electron chi connectivity index (χ1n) is 7.40. The van der Waals surface area contributed by atoms with E-state index in [0.29, 0.717) is 6.04 Å². The summed E-state index contributed by atoms with van der Waals surface area (Å²) in [7, 11) is 0. The van der Waals surface area contributed by atoms with Gasteiger partial charge in [-0.2, -0.15) is 0 Å². The van der Waals surface area contributed by atoms with E-state index in [9.17, 15) is 0 Å². The SMILES string of the molecule is CC(N)Cc1ccccc1N1CCN(C(C)C)CC1. The molecule has 2 rings (SSSR count). The molecule has 1 aromatic rings. The number of nitrogens with zero attached hydrogens (tertiary/aromatic N) is 2. The zero-order valence-corrected chi connectivity index (χ0v) is 12.5. The molecule has 0 saturated carbocycles. The summed E-state index contributed by atoms with van der Waals surface area (Å²) in [5.74, 6) is 0. The Hall–Kier alpha value is -1.06. The Morgan fingerprint density at radius 1 is 1.05 bits per heavy atom. The van der Waals surface area contributed by atoms with Crippen molar-refractivity contribution in [1.29, 1.82) is 0 Å². The molecule has 106 valence electrons. The van der Waals surface area contributed by atoms with Gasteiger partial charge in [0.2, 0.25) is 0 Å². The van der Waals surface area contributed by atoms with Crippen LogP contribution in [0.5, 0.6) is 0 Å². The van der Waals surface area contributed by atoms with Gasteiger partial charge in [0.1, 0.15) is 0 Å². The van der Waals surface area contributed by atoms with E-state index in [1.165, 1.54) is 11.3 Å². The van der Waals surface area contributed by atoms with Crippen LogP contribution in [0.4, 0.5) is 5.69 Å². The van der Waals surface area contributed by atoms with Crippen LogP contribution in [-0.2, 0) is 6.42 Å². The first-order chi connectivity index (χ1) is 9.08. The van der Waals surface area contributed by atoms with Gasteiger partial charge in [0, 0.05) is 44.0 Å². The van der Waals surface area contributed by atoms with Crippen molar-refractivity contribution in [3.63, 3.8) is 0 Å². The quantitative estimate of drug-likeness (QED) is 0.901. The van der Waals surface area contributed by atoms with Gasteiger partial charge in [0.25, 0.3) is 0 Å². The third-order valence-electron chi connectivity index (χ3n) is 3.92. The van der Waals surface area contributed by atoms with Gasteiger partial charge in [-0.15, -0.1) is 0 Å². The predicted octanol–water partition coefficient (Wildman–Crippen LogP) is 2.11. The number of nitrogens with two attached hydrogens (primary N) is 1. The molecule has 0 aliphatic carbocycles. The second kappa shape index (κ2) is 6.40. The average Bonchev–Trinajstić information content (AvgIpc) is 2.39. The maximum atomic E-state index is 5.96. The highest BCUT2D eigenvalue weighted by molar-refractivity contribution is 5.54. The van der Waals surface area contributed by atoms with Crippen molar-refractivity contribution in [3.05, 3.63) is 29.8 Å². The molecule has 1 atom stereocenters. The topological polar surface area (TPSA) is 32.5 Å². The third-order valence-corrected chi connectivity index (χ3v) is 3.92. The number of piperazine rings is 1. The van der Waals surface area contributed by atoms with Crippen LogP contribution in [0.1, 0.15) is 26.3 Å². The van der Waals surface area contributed by atoms with Crippen LogP contribution in [0.2, 0.25) is 0 Å². The van der Waals surface area contributed by atoms with Gasteiger partial charge in [-0.1, -0.05) is 18.2 Å². The summed E-state index contributed by atoms with van der Waals surface area (Å²) in [5, 5.41) is 0. The highest BCUT2D eigenvalue weighted by atomic mass is 15.3. The van der Waals surface area contributed by atoms with Crippen molar-refractivity contribution in [2.24, 2.45) is 5.73 Å². The number of hydrogen-bond donors (Lipinski definition) is 1. The van der Waals surface area contributed by atoms with Crippen molar-refractivity contribution in [2.45, 2.75) is 39.3 Å². The van der Waals surface area contributed by atoms with Crippen molar-refractivity contribution in [1.82, 2.24) is 4.90 Å². The molecule has 19 heavy (non-hydrogen) atoms. The molecule has 1 saturated heterocycles. The van der Waals surface area contributed by atoms with E-state index in [0.717, 1.165) is 32.6 Å². The van der Waals surface area contributed by atoms with Crippen LogP contribution in [0.15, 0.2) is 24.3 Å². The Balaban J connectivity index is 2.06. The van der Waals surface area contributed by atoms with E-state index in [1.807, 2.05) is 0 Å². The van der Waals surface area contributed by atoms with Crippen molar-refractivity contribution < 1.29 is 0 Å². The smallest absolute Gasteiger partial charge is 0.0400 e. The Labute approximate surface area is 117 Å². The number of hydrogen-bond acceptors (Lipinski definition) is 3. The van der Waals surface area contributed by atoms with Crippen molar-refractivity contribution in [2.75, 3.05) is 31.1 Å². The van der Waals surface area contributed by atoms with Gasteiger partial charge in [-0.3, -0.25) is 4.90 Å². The summed E-state index contributed by atoms with van der Waals surface area (Å²) in [6.45, 7) is 11.2. The lowest BCUT2D eigenvalue weighted by Gasteiger charge is -2.39. The molecule has 0 spiro atoms. The Bertz CT molecular complexity index is 393. The minimum absolute atomic E-state index is 0.220. The Morgan fingerprint density at radius 3 is 2.26 bits per heavy atom. The average molecular weight is 261 g/mol. The Morgan fingerprint density at radius 2 is 1.68 bits per heavy atom. The largest absolute Gasteiger partial charge is 0.369 e. The molecule has 1 aromatic carbocycles. The number of para-hydroxylation sites is 1. The molecule has 3 heteroatoms.